The number of allylic oxidation sites excluding steroid dienone is 4. The third kappa shape index (κ3) is 4.08. The maximum absolute atomic E-state index is 12.6. The van der Waals surface area contributed by atoms with E-state index in [2.05, 4.69) is 39.3 Å². The van der Waals surface area contributed by atoms with E-state index in [-0.39, 0.29) is 11.5 Å². The average Bonchev–Trinajstić information content (AvgIpc) is 2.71. The molecule has 0 amide bonds. The molecule has 2 heterocycles. The Kier molecular flexibility index (Phi) is 5.42. The number of nitrogens with one attached hydrogen (secondary N) is 2. The molecule has 5 heteroatoms. The highest BCUT2D eigenvalue weighted by Gasteiger charge is 2.29. The molecule has 2 N–H and O–H groups in total. The van der Waals surface area contributed by atoms with E-state index in [1.165, 1.54) is 0 Å². The lowest BCUT2D eigenvalue weighted by molar-refractivity contribution is 0.262. The summed E-state index contributed by atoms with van der Waals surface area (Å²) in [5.74, 6) is 1.54. The smallest absolute Gasteiger partial charge is 0.311 e. The highest BCUT2D eigenvalue weighted by Crippen LogP contribution is 2.40. The molecule has 2 aromatic heterocycles. The highest BCUT2D eigenvalue weighted by atomic mass is 16.2. The molecule has 0 aliphatic heterocycles. The van der Waals surface area contributed by atoms with Crippen LogP contribution in [0, 0.1) is 18.8 Å². The van der Waals surface area contributed by atoms with Crippen molar-refractivity contribution in [2.24, 2.45) is 11.8 Å². The minimum atomic E-state index is -0.413. The van der Waals surface area contributed by atoms with Crippen molar-refractivity contribution in [2.45, 2.75) is 51.4 Å². The number of hydrogen-bond acceptors (Lipinski definition) is 3. The van der Waals surface area contributed by atoms with E-state index in [9.17, 15) is 9.59 Å². The molecule has 1 fully saturated rings. The Morgan fingerprint density at radius 2 is 1.89 bits per heavy atom. The molecule has 0 aromatic carbocycles. The lowest BCUT2D eigenvalue weighted by Crippen LogP contribution is -2.31. The predicted molar refractivity (Wildman–Crippen MR) is 111 cm³/mol. The summed E-state index contributed by atoms with van der Waals surface area (Å²) in [6, 6.07) is 5.83. The Morgan fingerprint density at radius 1 is 1.07 bits per heavy atom. The largest absolute Gasteiger partial charge is 0.325 e. The highest BCUT2D eigenvalue weighted by molar-refractivity contribution is 5.27. The maximum atomic E-state index is 12.6. The van der Waals surface area contributed by atoms with Crippen molar-refractivity contribution in [2.75, 3.05) is 0 Å². The molecule has 4 rings (SSSR count). The number of aryl methyl sites for hydroxylation is 1. The third-order valence-electron chi connectivity index (χ3n) is 6.18. The molecule has 0 saturated heterocycles. The lowest BCUT2D eigenvalue weighted by atomic mass is 9.72. The second kappa shape index (κ2) is 8.13. The molecule has 1 saturated carbocycles. The minimum Gasteiger partial charge on any atom is -0.311 e. The zero-order valence-electron chi connectivity index (χ0n) is 16.3. The summed E-state index contributed by atoms with van der Waals surface area (Å²) in [5.41, 5.74) is 2.55. The minimum absolute atomic E-state index is 0.231. The summed E-state index contributed by atoms with van der Waals surface area (Å²) in [7, 11) is 0. The van der Waals surface area contributed by atoms with E-state index >= 15 is 0 Å². The molecule has 2 aliphatic rings. The number of rotatable bonds is 4. The van der Waals surface area contributed by atoms with Gasteiger partial charge in [-0.2, -0.15) is 0 Å². The van der Waals surface area contributed by atoms with Gasteiger partial charge in [-0.3, -0.25) is 14.8 Å². The fourth-order valence-corrected chi connectivity index (χ4v) is 4.72. The van der Waals surface area contributed by atoms with Crippen LogP contribution in [0.4, 0.5) is 0 Å². The van der Waals surface area contributed by atoms with Crippen molar-refractivity contribution in [1.29, 1.82) is 0 Å². The Labute approximate surface area is 164 Å². The van der Waals surface area contributed by atoms with Gasteiger partial charge in [-0.15, -0.1) is 0 Å². The number of pyridine rings is 1. The van der Waals surface area contributed by atoms with E-state index < -0.39 is 5.69 Å². The second-order valence-electron chi connectivity index (χ2n) is 8.07. The van der Waals surface area contributed by atoms with Crippen LogP contribution < -0.4 is 11.2 Å². The van der Waals surface area contributed by atoms with Crippen molar-refractivity contribution < 1.29 is 0 Å². The molecule has 28 heavy (non-hydrogen) atoms. The van der Waals surface area contributed by atoms with Crippen LogP contribution in [0.2, 0.25) is 0 Å². The molecule has 0 bridgehead atoms. The summed E-state index contributed by atoms with van der Waals surface area (Å²) in [5, 5.41) is 0. The van der Waals surface area contributed by atoms with Crippen LogP contribution in [0.25, 0.3) is 0 Å². The van der Waals surface area contributed by atoms with Crippen LogP contribution >= 0.6 is 0 Å². The van der Waals surface area contributed by atoms with Gasteiger partial charge in [0.25, 0.3) is 5.56 Å². The van der Waals surface area contributed by atoms with Gasteiger partial charge in [0, 0.05) is 29.1 Å². The average molecular weight is 377 g/mol. The van der Waals surface area contributed by atoms with E-state index in [4.69, 9.17) is 0 Å². The van der Waals surface area contributed by atoms with Crippen LogP contribution in [0.5, 0.6) is 0 Å². The van der Waals surface area contributed by atoms with Gasteiger partial charge >= 0.3 is 5.69 Å². The van der Waals surface area contributed by atoms with E-state index in [1.54, 1.807) is 0 Å². The summed E-state index contributed by atoms with van der Waals surface area (Å²) < 4.78 is 0. The van der Waals surface area contributed by atoms with Crippen LogP contribution in [0.15, 0.2) is 52.1 Å². The van der Waals surface area contributed by atoms with Crippen LogP contribution in [0.1, 0.15) is 60.7 Å². The van der Waals surface area contributed by atoms with Gasteiger partial charge in [-0.05, 0) is 68.9 Å². The number of aromatic amines is 2. The Hall–Kier alpha value is -2.69. The Morgan fingerprint density at radius 3 is 2.61 bits per heavy atom. The van der Waals surface area contributed by atoms with Crippen molar-refractivity contribution in [3.05, 3.63) is 86.0 Å². The van der Waals surface area contributed by atoms with Crippen LogP contribution in [-0.4, -0.2) is 15.0 Å². The van der Waals surface area contributed by atoms with Gasteiger partial charge < -0.3 is 4.98 Å². The number of nitrogens with zero attached hydrogens (tertiary/aromatic N) is 1. The fourth-order valence-electron chi connectivity index (χ4n) is 4.72. The Bertz CT molecular complexity index is 1010. The lowest BCUT2D eigenvalue weighted by Gasteiger charge is -2.33. The SMILES string of the molecule is Cc1cccc(Cc2c(C3CCC(C4C=CC=CC4)CC3)[nH]c(=O)[nH]c2=O)n1. The normalized spacial score (nSPS) is 24.4. The van der Waals surface area contributed by atoms with Crippen LogP contribution in [-0.2, 0) is 6.42 Å². The fraction of sp³-hybridized carbons (Fsp3) is 0.435. The van der Waals surface area contributed by atoms with Crippen molar-refractivity contribution in [3.63, 3.8) is 0 Å². The van der Waals surface area contributed by atoms with E-state index in [1.807, 2.05) is 25.1 Å². The summed E-state index contributed by atoms with van der Waals surface area (Å²) >= 11 is 0. The zero-order chi connectivity index (χ0) is 19.5. The van der Waals surface area contributed by atoms with Gasteiger partial charge in [0.15, 0.2) is 0 Å². The first kappa shape index (κ1) is 18.7. The predicted octanol–water partition coefficient (Wildman–Crippen LogP) is 3.76. The summed E-state index contributed by atoms with van der Waals surface area (Å²) in [6.45, 7) is 1.94. The first-order chi connectivity index (χ1) is 13.6. The molecule has 1 unspecified atom stereocenters. The van der Waals surface area contributed by atoms with Gasteiger partial charge in [-0.25, -0.2) is 4.79 Å². The number of aromatic nitrogens is 3. The molecule has 1 atom stereocenters. The topological polar surface area (TPSA) is 78.6 Å². The first-order valence-corrected chi connectivity index (χ1v) is 10.2. The van der Waals surface area contributed by atoms with Gasteiger partial charge in [0.2, 0.25) is 0 Å². The first-order valence-electron chi connectivity index (χ1n) is 10.2. The van der Waals surface area contributed by atoms with E-state index in [0.29, 0.717) is 23.8 Å². The van der Waals surface area contributed by atoms with Gasteiger partial charge in [0.05, 0.1) is 0 Å². The van der Waals surface area contributed by atoms with Gasteiger partial charge in [-0.1, -0.05) is 30.4 Å². The number of H-pyrrole nitrogens is 2. The second-order valence-corrected chi connectivity index (χ2v) is 8.07. The third-order valence-corrected chi connectivity index (χ3v) is 6.18. The molecule has 0 radical (unpaired) electrons. The van der Waals surface area contributed by atoms with E-state index in [0.717, 1.165) is 49.2 Å². The molecular formula is C23H27N3O2. The molecule has 2 aromatic rings. The van der Waals surface area contributed by atoms with Crippen LogP contribution in [0.3, 0.4) is 0 Å². The van der Waals surface area contributed by atoms with Gasteiger partial charge in [0.1, 0.15) is 0 Å². The molecule has 146 valence electrons. The van der Waals surface area contributed by atoms with Crippen molar-refractivity contribution in [1.82, 2.24) is 15.0 Å². The summed E-state index contributed by atoms with van der Waals surface area (Å²) in [4.78, 5) is 34.5. The maximum Gasteiger partial charge on any atom is 0.325 e. The molecule has 5 nitrogen and oxygen atoms in total. The molecular weight excluding hydrogens is 350 g/mol. The zero-order valence-corrected chi connectivity index (χ0v) is 16.3. The van der Waals surface area contributed by atoms with Crippen molar-refractivity contribution >= 4 is 0 Å². The molecule has 2 aliphatic carbocycles. The summed E-state index contributed by atoms with van der Waals surface area (Å²) in [6.07, 6.45) is 14.7. The quantitative estimate of drug-likeness (QED) is 0.851. The monoisotopic (exact) mass is 377 g/mol. The number of hydrogen-bond donors (Lipinski definition) is 2. The Balaban J connectivity index is 1.56. The molecule has 0 spiro atoms. The standard InChI is InChI=1S/C23H27N3O2/c1-15-6-5-9-19(24-15)14-20-21(25-23(28)26-22(20)27)18-12-10-17(11-13-18)16-7-3-2-4-8-16/h2-7,9,16-18H,8,10-14H2,1H3,(H2,25,26,27,28). The van der Waals surface area contributed by atoms with Crippen molar-refractivity contribution in [3.8, 4) is 0 Å².